The van der Waals surface area contributed by atoms with Crippen molar-refractivity contribution in [2.24, 2.45) is 5.92 Å². The first kappa shape index (κ1) is 19.7. The number of hydrogen-bond acceptors (Lipinski definition) is 3. The van der Waals surface area contributed by atoms with Gasteiger partial charge in [-0.2, -0.15) is 0 Å². The van der Waals surface area contributed by atoms with Gasteiger partial charge in [0.15, 0.2) is 0 Å². The summed E-state index contributed by atoms with van der Waals surface area (Å²) in [6.45, 7) is 3.80. The standard InChI is InChI=1S/C23H29FN4O/c1-16-5-10-21(25-15-16)28-13-11-20(12-14-28)26-23(29)27-22(17-3-2-4-17)18-6-8-19(24)9-7-18/h5-10,15,17,20,22H,2-4,11-14H2,1H3,(H2,26,27,29). The lowest BCUT2D eigenvalue weighted by Gasteiger charge is -2.36. The fourth-order valence-corrected chi connectivity index (χ4v) is 4.18. The molecule has 6 heteroatoms. The van der Waals surface area contributed by atoms with Gasteiger partial charge in [-0.05, 0) is 67.9 Å². The number of aromatic nitrogens is 1. The highest BCUT2D eigenvalue weighted by Crippen LogP contribution is 2.37. The van der Waals surface area contributed by atoms with Gasteiger partial charge in [-0.15, -0.1) is 0 Å². The normalized spacial score (nSPS) is 18.8. The second kappa shape index (κ2) is 8.80. The molecule has 29 heavy (non-hydrogen) atoms. The number of pyridine rings is 1. The number of nitrogens with one attached hydrogen (secondary N) is 2. The first-order chi connectivity index (χ1) is 14.1. The van der Waals surface area contributed by atoms with Crippen LogP contribution < -0.4 is 15.5 Å². The van der Waals surface area contributed by atoms with Crippen LogP contribution >= 0.6 is 0 Å². The molecular weight excluding hydrogens is 367 g/mol. The Bertz CT molecular complexity index is 812. The zero-order chi connectivity index (χ0) is 20.2. The van der Waals surface area contributed by atoms with Crippen LogP contribution in [-0.2, 0) is 0 Å². The maximum atomic E-state index is 13.3. The molecule has 2 amide bonds. The Morgan fingerprint density at radius 1 is 1.10 bits per heavy atom. The molecule has 1 saturated heterocycles. The van der Waals surface area contributed by atoms with Gasteiger partial charge in [-0.3, -0.25) is 0 Å². The largest absolute Gasteiger partial charge is 0.356 e. The van der Waals surface area contributed by atoms with Gasteiger partial charge in [0, 0.05) is 25.3 Å². The van der Waals surface area contributed by atoms with Crippen molar-refractivity contribution in [3.05, 3.63) is 59.5 Å². The topological polar surface area (TPSA) is 57.3 Å². The highest BCUT2D eigenvalue weighted by Gasteiger charge is 2.30. The van der Waals surface area contributed by atoms with Crippen molar-refractivity contribution in [2.75, 3.05) is 18.0 Å². The Morgan fingerprint density at radius 2 is 1.83 bits per heavy atom. The zero-order valence-corrected chi connectivity index (χ0v) is 16.9. The third-order valence-electron chi connectivity index (χ3n) is 6.19. The van der Waals surface area contributed by atoms with E-state index in [1.807, 2.05) is 13.1 Å². The molecule has 0 bridgehead atoms. The quantitative estimate of drug-likeness (QED) is 0.791. The van der Waals surface area contributed by atoms with E-state index in [2.05, 4.69) is 32.7 Å². The van der Waals surface area contributed by atoms with E-state index in [0.717, 1.165) is 55.7 Å². The van der Waals surface area contributed by atoms with Crippen LogP contribution in [-0.4, -0.2) is 30.1 Å². The Labute approximate surface area is 171 Å². The molecule has 2 N–H and O–H groups in total. The number of carbonyl (C=O) groups is 1. The average Bonchev–Trinajstić information content (AvgIpc) is 2.68. The van der Waals surface area contributed by atoms with E-state index < -0.39 is 0 Å². The molecule has 2 heterocycles. The van der Waals surface area contributed by atoms with Gasteiger partial charge in [0.05, 0.1) is 6.04 Å². The summed E-state index contributed by atoms with van der Waals surface area (Å²) < 4.78 is 13.3. The summed E-state index contributed by atoms with van der Waals surface area (Å²) in [5.41, 5.74) is 2.13. The number of anilines is 1. The summed E-state index contributed by atoms with van der Waals surface area (Å²) in [6, 6.07) is 10.6. The van der Waals surface area contributed by atoms with Crippen LogP contribution in [0.5, 0.6) is 0 Å². The molecule has 2 aromatic rings. The van der Waals surface area contributed by atoms with E-state index in [1.165, 1.54) is 18.6 Å². The van der Waals surface area contributed by atoms with Crippen LogP contribution in [0.4, 0.5) is 15.0 Å². The van der Waals surface area contributed by atoms with Gasteiger partial charge in [0.1, 0.15) is 11.6 Å². The summed E-state index contributed by atoms with van der Waals surface area (Å²) in [6.07, 6.45) is 7.08. The van der Waals surface area contributed by atoms with Crippen molar-refractivity contribution >= 4 is 11.8 Å². The summed E-state index contributed by atoms with van der Waals surface area (Å²) in [5.74, 6) is 1.18. The van der Waals surface area contributed by atoms with E-state index in [0.29, 0.717) is 5.92 Å². The lowest BCUT2D eigenvalue weighted by molar-refractivity contribution is 0.203. The summed E-state index contributed by atoms with van der Waals surface area (Å²) in [7, 11) is 0. The number of piperidine rings is 1. The van der Waals surface area contributed by atoms with Crippen molar-refractivity contribution < 1.29 is 9.18 Å². The lowest BCUT2D eigenvalue weighted by Crippen LogP contribution is -2.49. The van der Waals surface area contributed by atoms with Crippen LogP contribution in [0.25, 0.3) is 0 Å². The Balaban J connectivity index is 1.30. The Kier molecular flexibility index (Phi) is 5.97. The van der Waals surface area contributed by atoms with E-state index in [9.17, 15) is 9.18 Å². The van der Waals surface area contributed by atoms with Gasteiger partial charge in [-0.25, -0.2) is 14.2 Å². The molecule has 1 aromatic heterocycles. The minimum absolute atomic E-state index is 0.0544. The first-order valence-corrected chi connectivity index (χ1v) is 10.6. The molecule has 0 spiro atoms. The molecule has 2 aliphatic rings. The minimum Gasteiger partial charge on any atom is -0.356 e. The summed E-state index contributed by atoms with van der Waals surface area (Å²) in [5, 5.41) is 6.30. The number of urea groups is 1. The third-order valence-corrected chi connectivity index (χ3v) is 6.19. The maximum absolute atomic E-state index is 13.3. The molecule has 2 fully saturated rings. The van der Waals surface area contributed by atoms with Crippen molar-refractivity contribution in [1.82, 2.24) is 15.6 Å². The number of benzene rings is 1. The second-order valence-electron chi connectivity index (χ2n) is 8.29. The van der Waals surface area contributed by atoms with Crippen molar-refractivity contribution in [3.8, 4) is 0 Å². The Morgan fingerprint density at radius 3 is 2.41 bits per heavy atom. The fraction of sp³-hybridized carbons (Fsp3) is 0.478. The monoisotopic (exact) mass is 396 g/mol. The SMILES string of the molecule is Cc1ccc(N2CCC(NC(=O)NC(c3ccc(F)cc3)C3CCC3)CC2)nc1. The van der Waals surface area contributed by atoms with Crippen molar-refractivity contribution in [3.63, 3.8) is 0 Å². The molecule has 1 atom stereocenters. The average molecular weight is 397 g/mol. The van der Waals surface area contributed by atoms with Crippen molar-refractivity contribution in [2.45, 2.75) is 51.1 Å². The molecule has 1 saturated carbocycles. The predicted octanol–water partition coefficient (Wildman–Crippen LogP) is 4.34. The van der Waals surface area contributed by atoms with Gasteiger partial charge in [0.2, 0.25) is 0 Å². The molecule has 5 nitrogen and oxygen atoms in total. The molecule has 1 aliphatic heterocycles. The number of halogens is 1. The zero-order valence-electron chi connectivity index (χ0n) is 16.9. The van der Waals surface area contributed by atoms with Crippen LogP contribution in [0.3, 0.4) is 0 Å². The van der Waals surface area contributed by atoms with Crippen LogP contribution in [0, 0.1) is 18.7 Å². The second-order valence-corrected chi connectivity index (χ2v) is 8.29. The third kappa shape index (κ3) is 4.86. The van der Waals surface area contributed by atoms with Crippen LogP contribution in [0.2, 0.25) is 0 Å². The van der Waals surface area contributed by atoms with Crippen molar-refractivity contribution in [1.29, 1.82) is 0 Å². The van der Waals surface area contributed by atoms with Gasteiger partial charge in [0.25, 0.3) is 0 Å². The van der Waals surface area contributed by atoms with Gasteiger partial charge >= 0.3 is 6.03 Å². The van der Waals surface area contributed by atoms with Crippen LogP contribution in [0.15, 0.2) is 42.6 Å². The fourth-order valence-electron chi connectivity index (χ4n) is 4.18. The maximum Gasteiger partial charge on any atom is 0.315 e. The summed E-state index contributed by atoms with van der Waals surface area (Å²) in [4.78, 5) is 19.4. The number of aryl methyl sites for hydroxylation is 1. The van der Waals surface area contributed by atoms with E-state index in [1.54, 1.807) is 12.1 Å². The molecule has 0 radical (unpaired) electrons. The number of amides is 2. The smallest absolute Gasteiger partial charge is 0.315 e. The highest BCUT2D eigenvalue weighted by molar-refractivity contribution is 5.75. The molecule has 4 rings (SSSR count). The predicted molar refractivity (Wildman–Crippen MR) is 112 cm³/mol. The number of carbonyl (C=O) groups excluding carboxylic acids is 1. The van der Waals surface area contributed by atoms with E-state index >= 15 is 0 Å². The number of nitrogens with zero attached hydrogens (tertiary/aromatic N) is 2. The Hall–Kier alpha value is -2.63. The number of rotatable bonds is 5. The van der Waals surface area contributed by atoms with Gasteiger partial charge in [-0.1, -0.05) is 24.6 Å². The van der Waals surface area contributed by atoms with E-state index in [-0.39, 0.29) is 23.9 Å². The highest BCUT2D eigenvalue weighted by atomic mass is 19.1. The number of hydrogen-bond donors (Lipinski definition) is 2. The molecule has 1 unspecified atom stereocenters. The molecular formula is C23H29FN4O. The van der Waals surface area contributed by atoms with E-state index in [4.69, 9.17) is 0 Å². The first-order valence-electron chi connectivity index (χ1n) is 10.6. The summed E-state index contributed by atoms with van der Waals surface area (Å²) >= 11 is 0. The molecule has 1 aliphatic carbocycles. The lowest BCUT2D eigenvalue weighted by atomic mass is 9.77. The van der Waals surface area contributed by atoms with Crippen LogP contribution in [0.1, 0.15) is 49.3 Å². The minimum atomic E-state index is -0.250. The molecule has 154 valence electrons. The van der Waals surface area contributed by atoms with Gasteiger partial charge < -0.3 is 15.5 Å². The molecule has 1 aromatic carbocycles.